The third-order valence-electron chi connectivity index (χ3n) is 8.64. The molecule has 0 amide bonds. The topological polar surface area (TPSA) is 117 Å². The highest BCUT2D eigenvalue weighted by Gasteiger charge is 2.32. The predicted octanol–water partition coefficient (Wildman–Crippen LogP) is 6.07. The lowest BCUT2D eigenvalue weighted by molar-refractivity contribution is -0.385. The Bertz CT molecular complexity index is 2620. The number of nitro benzene ring substituents is 1. The second kappa shape index (κ2) is 11.0. The first kappa shape index (κ1) is 29.3. The highest BCUT2D eigenvalue weighted by atomic mass is 35.5. The normalized spacial score (nSPS) is 16.0. The highest BCUT2D eigenvalue weighted by Crippen LogP contribution is 2.41. The molecule has 2 aliphatic rings. The van der Waals surface area contributed by atoms with Crippen LogP contribution in [0, 0.1) is 10.1 Å². The molecule has 232 valence electrons. The Morgan fingerprint density at radius 1 is 0.957 bits per heavy atom. The van der Waals surface area contributed by atoms with Gasteiger partial charge >= 0.3 is 0 Å². The second-order valence-corrected chi connectivity index (χ2v) is 14.6. The van der Waals surface area contributed by atoms with Gasteiger partial charge in [-0.1, -0.05) is 83.6 Å². The monoisotopic (exact) mass is 678 g/mol. The van der Waals surface area contributed by atoms with E-state index in [0.717, 1.165) is 45.3 Å². The smallest absolute Gasteiger partial charge is 0.271 e. The fraction of sp³-hybridized carbons (Fsp3) is 0.0857. The summed E-state index contributed by atoms with van der Waals surface area (Å²) in [6, 6.07) is 27.2. The number of fused-ring (bicyclic) bond motifs is 4. The van der Waals surface area contributed by atoms with Gasteiger partial charge in [0.15, 0.2) is 4.80 Å². The molecule has 0 spiro atoms. The number of benzene rings is 4. The van der Waals surface area contributed by atoms with Crippen LogP contribution in [0.3, 0.4) is 0 Å². The largest absolute Gasteiger partial charge is 0.272 e. The van der Waals surface area contributed by atoms with E-state index in [1.54, 1.807) is 34.9 Å². The fourth-order valence-corrected chi connectivity index (χ4v) is 9.00. The fourth-order valence-electron chi connectivity index (χ4n) is 6.47. The van der Waals surface area contributed by atoms with Crippen molar-refractivity contribution in [3.05, 3.63) is 166 Å². The molecule has 2 aromatic heterocycles. The molecule has 1 aliphatic carbocycles. The summed E-state index contributed by atoms with van der Waals surface area (Å²) in [6.07, 6.45) is 4.73. The number of non-ortho nitro benzene ring substituents is 1. The first-order valence-corrected chi connectivity index (χ1v) is 17.3. The number of nitro groups is 1. The van der Waals surface area contributed by atoms with Crippen molar-refractivity contribution in [2.75, 3.05) is 0 Å². The average Bonchev–Trinajstić information content (AvgIpc) is 3.61. The van der Waals surface area contributed by atoms with Crippen molar-refractivity contribution in [2.45, 2.75) is 23.8 Å². The third-order valence-corrected chi connectivity index (χ3v) is 11.5. The number of rotatable bonds is 5. The summed E-state index contributed by atoms with van der Waals surface area (Å²) < 4.78 is 30.9. The molecular formula is C35H23ClN4O5S2. The van der Waals surface area contributed by atoms with Gasteiger partial charge in [-0.25, -0.2) is 17.4 Å². The lowest BCUT2D eigenvalue weighted by atomic mass is 9.83. The van der Waals surface area contributed by atoms with Crippen molar-refractivity contribution >= 4 is 61.3 Å². The van der Waals surface area contributed by atoms with Crippen molar-refractivity contribution in [1.29, 1.82) is 0 Å². The average molecular weight is 679 g/mol. The van der Waals surface area contributed by atoms with Crippen LogP contribution in [0.4, 0.5) is 5.69 Å². The first-order chi connectivity index (χ1) is 22.7. The third kappa shape index (κ3) is 4.77. The Morgan fingerprint density at radius 2 is 1.72 bits per heavy atom. The Balaban J connectivity index is 1.33. The van der Waals surface area contributed by atoms with Gasteiger partial charge in [-0.15, -0.1) is 0 Å². The lowest BCUT2D eigenvalue weighted by Crippen LogP contribution is -2.38. The first-order valence-electron chi connectivity index (χ1n) is 14.7. The maximum Gasteiger partial charge on any atom is 0.271 e. The molecule has 9 nitrogen and oxygen atoms in total. The molecule has 0 saturated carbocycles. The van der Waals surface area contributed by atoms with Gasteiger partial charge < -0.3 is 0 Å². The van der Waals surface area contributed by atoms with E-state index < -0.39 is 14.9 Å². The van der Waals surface area contributed by atoms with Gasteiger partial charge in [0.1, 0.15) is 0 Å². The Labute approximate surface area is 276 Å². The van der Waals surface area contributed by atoms with Crippen LogP contribution < -0.4 is 14.9 Å². The number of aromatic nitrogens is 2. The number of allylic oxidation sites excluding steroid dienone is 1. The van der Waals surface area contributed by atoms with Crippen molar-refractivity contribution in [2.24, 2.45) is 4.99 Å². The quantitative estimate of drug-likeness (QED) is 0.162. The van der Waals surface area contributed by atoms with Crippen LogP contribution in [-0.4, -0.2) is 21.9 Å². The second-order valence-electron chi connectivity index (χ2n) is 11.3. The number of thiazole rings is 1. The van der Waals surface area contributed by atoms with Gasteiger partial charge in [0.2, 0.25) is 0 Å². The van der Waals surface area contributed by atoms with Crippen LogP contribution >= 0.6 is 22.9 Å². The molecule has 0 radical (unpaired) electrons. The summed E-state index contributed by atoms with van der Waals surface area (Å²) in [5.41, 5.74) is 5.44. The molecule has 0 unspecified atom stereocenters. The minimum absolute atomic E-state index is 0.216. The maximum atomic E-state index is 14.3. The molecule has 6 aromatic rings. The molecule has 1 aliphatic heterocycles. The Kier molecular flexibility index (Phi) is 6.87. The van der Waals surface area contributed by atoms with Crippen molar-refractivity contribution in [1.82, 2.24) is 8.54 Å². The summed E-state index contributed by atoms with van der Waals surface area (Å²) in [6.45, 7) is 0. The minimum atomic E-state index is -4.22. The van der Waals surface area contributed by atoms with Crippen LogP contribution in [0.2, 0.25) is 5.02 Å². The van der Waals surface area contributed by atoms with E-state index >= 15 is 0 Å². The number of hydrogen-bond acceptors (Lipinski definition) is 7. The molecule has 3 heterocycles. The van der Waals surface area contributed by atoms with Gasteiger partial charge in [-0.2, -0.15) is 0 Å². The van der Waals surface area contributed by atoms with E-state index in [1.807, 2.05) is 36.4 Å². The van der Waals surface area contributed by atoms with E-state index in [-0.39, 0.29) is 22.2 Å². The standard InChI is InChI=1S/C35H23ClN4O5S2/c36-24-15-12-22(13-16-24)33-29-17-14-21-6-1-2-10-28(21)32(29)37-35-39(33)34(41)31(46-35)18-23-20-38(30-11-4-3-9-27(23)30)47(44,45)26-8-5-7-25(19-26)40(42)43/h1-13,15-16,18-20,33H,14,17H2/b31-18+/t33-/m1/s1. The molecule has 4 aromatic carbocycles. The SMILES string of the molecule is O=c1/c(=C\c2cn(S(=O)(=O)c3cccc([N+](=O)[O-])c3)c3ccccc23)sc2n1[C@H](c1ccc(Cl)cc1)C1=C(N=2)c2ccccc2CC1. The van der Waals surface area contributed by atoms with E-state index in [2.05, 4.69) is 12.1 Å². The minimum Gasteiger partial charge on any atom is -0.272 e. The Hall–Kier alpha value is -5.10. The zero-order chi connectivity index (χ0) is 32.4. The molecule has 0 bridgehead atoms. The molecule has 8 rings (SSSR count). The molecule has 12 heteroatoms. The zero-order valence-corrected chi connectivity index (χ0v) is 26.8. The number of aryl methyl sites for hydroxylation is 1. The van der Waals surface area contributed by atoms with Crippen molar-refractivity contribution in [3.63, 3.8) is 0 Å². The number of para-hydroxylation sites is 1. The van der Waals surface area contributed by atoms with Gasteiger partial charge in [0.25, 0.3) is 21.3 Å². The summed E-state index contributed by atoms with van der Waals surface area (Å²) >= 11 is 7.50. The van der Waals surface area contributed by atoms with Crippen LogP contribution in [0.25, 0.3) is 22.7 Å². The maximum absolute atomic E-state index is 14.3. The summed E-state index contributed by atoms with van der Waals surface area (Å²) in [5, 5.41) is 12.6. The molecular weight excluding hydrogens is 656 g/mol. The number of nitrogens with zero attached hydrogens (tertiary/aromatic N) is 4. The molecule has 0 saturated heterocycles. The van der Waals surface area contributed by atoms with E-state index in [9.17, 15) is 23.3 Å². The summed E-state index contributed by atoms with van der Waals surface area (Å²) in [7, 11) is -4.22. The van der Waals surface area contributed by atoms with E-state index in [1.165, 1.54) is 41.3 Å². The summed E-state index contributed by atoms with van der Waals surface area (Å²) in [5.74, 6) is 0. The summed E-state index contributed by atoms with van der Waals surface area (Å²) in [4.78, 5) is 30.4. The number of hydrogen-bond donors (Lipinski definition) is 0. The lowest BCUT2D eigenvalue weighted by Gasteiger charge is -2.30. The Morgan fingerprint density at radius 3 is 2.53 bits per heavy atom. The predicted molar refractivity (Wildman–Crippen MR) is 182 cm³/mol. The molecule has 0 fully saturated rings. The van der Waals surface area contributed by atoms with Crippen LogP contribution in [0.1, 0.15) is 34.7 Å². The molecule has 0 N–H and O–H groups in total. The number of halogens is 1. The molecule has 47 heavy (non-hydrogen) atoms. The van der Waals surface area contributed by atoms with E-state index in [0.29, 0.717) is 30.8 Å². The van der Waals surface area contributed by atoms with Crippen molar-refractivity contribution in [3.8, 4) is 0 Å². The van der Waals surface area contributed by atoms with Crippen LogP contribution in [0.15, 0.2) is 124 Å². The van der Waals surface area contributed by atoms with E-state index in [4.69, 9.17) is 16.6 Å². The zero-order valence-electron chi connectivity index (χ0n) is 24.4. The highest BCUT2D eigenvalue weighted by molar-refractivity contribution is 7.90. The molecule has 1 atom stereocenters. The van der Waals surface area contributed by atoms with Gasteiger partial charge in [-0.3, -0.25) is 19.5 Å². The van der Waals surface area contributed by atoms with Crippen LogP contribution in [0.5, 0.6) is 0 Å². The van der Waals surface area contributed by atoms with Crippen LogP contribution in [-0.2, 0) is 16.4 Å². The van der Waals surface area contributed by atoms with Crippen molar-refractivity contribution < 1.29 is 13.3 Å². The van der Waals surface area contributed by atoms with Gasteiger partial charge in [-0.05, 0) is 59.9 Å². The van der Waals surface area contributed by atoms with Gasteiger partial charge in [0, 0.05) is 39.9 Å². The van der Waals surface area contributed by atoms with Gasteiger partial charge in [0.05, 0.1) is 31.6 Å².